The zero-order chi connectivity index (χ0) is 17.5. The average Bonchev–Trinajstić information content (AvgIpc) is 3.08. The molecule has 0 aliphatic carbocycles. The second-order valence-electron chi connectivity index (χ2n) is 6.70. The van der Waals surface area contributed by atoms with Crippen LogP contribution in [-0.4, -0.2) is 30.1 Å². The molecule has 1 aromatic carbocycles. The van der Waals surface area contributed by atoms with Crippen molar-refractivity contribution in [2.45, 2.75) is 38.6 Å². The van der Waals surface area contributed by atoms with E-state index in [1.54, 1.807) is 0 Å². The predicted octanol–water partition coefficient (Wildman–Crippen LogP) is 2.95. The molecule has 0 radical (unpaired) electrons. The van der Waals surface area contributed by atoms with Gasteiger partial charge in [0, 0.05) is 24.7 Å². The molecule has 4 nitrogen and oxygen atoms in total. The fourth-order valence-electron chi connectivity index (χ4n) is 3.26. The van der Waals surface area contributed by atoms with Crippen molar-refractivity contribution in [3.05, 3.63) is 65.5 Å². The van der Waals surface area contributed by atoms with Gasteiger partial charge in [0.25, 0.3) is 0 Å². The highest BCUT2D eigenvalue weighted by atomic mass is 16.5. The number of ether oxygens (including phenoxy) is 1. The first-order valence-corrected chi connectivity index (χ1v) is 9.08. The molecule has 1 aliphatic heterocycles. The van der Waals surface area contributed by atoms with Crippen LogP contribution in [-0.2, 0) is 28.8 Å². The molecule has 1 aromatic heterocycles. The molecule has 1 aliphatic rings. The Morgan fingerprint density at radius 3 is 2.52 bits per heavy atom. The van der Waals surface area contributed by atoms with E-state index in [2.05, 4.69) is 41.5 Å². The number of rotatable bonds is 7. The Hall–Kier alpha value is -2.20. The molecule has 1 fully saturated rings. The van der Waals surface area contributed by atoms with Gasteiger partial charge in [-0.2, -0.15) is 0 Å². The molecule has 0 unspecified atom stereocenters. The minimum absolute atomic E-state index is 0.100. The minimum atomic E-state index is 0.100. The molecular formula is C21H26N2O2. The number of amides is 1. The fraction of sp³-hybridized carbons (Fsp3) is 0.429. The summed E-state index contributed by atoms with van der Waals surface area (Å²) in [5.74, 6) is 0.435. The van der Waals surface area contributed by atoms with Crippen molar-refractivity contribution < 1.29 is 9.53 Å². The number of hydrogen-bond acceptors (Lipinski definition) is 3. The third kappa shape index (κ3) is 5.13. The summed E-state index contributed by atoms with van der Waals surface area (Å²) < 4.78 is 5.60. The topological polar surface area (TPSA) is 51.2 Å². The Labute approximate surface area is 149 Å². The van der Waals surface area contributed by atoms with Crippen LogP contribution in [0, 0.1) is 5.92 Å². The van der Waals surface area contributed by atoms with Crippen molar-refractivity contribution in [1.82, 2.24) is 10.3 Å². The number of carbonyl (C=O) groups excluding carboxylic acids is 1. The van der Waals surface area contributed by atoms with Gasteiger partial charge < -0.3 is 10.1 Å². The number of pyridine rings is 1. The molecule has 0 saturated carbocycles. The number of hydrogen-bond donors (Lipinski definition) is 1. The molecule has 2 aromatic rings. The van der Waals surface area contributed by atoms with Crippen molar-refractivity contribution in [3.63, 3.8) is 0 Å². The Morgan fingerprint density at radius 2 is 1.80 bits per heavy atom. The van der Waals surface area contributed by atoms with Crippen molar-refractivity contribution >= 4 is 5.91 Å². The quantitative estimate of drug-likeness (QED) is 0.844. The lowest BCUT2D eigenvalue weighted by molar-refractivity contribution is -0.122. The second kappa shape index (κ2) is 8.77. The second-order valence-corrected chi connectivity index (χ2v) is 6.70. The van der Waals surface area contributed by atoms with E-state index < -0.39 is 0 Å². The minimum Gasteiger partial charge on any atom is -0.379 e. The number of carbonyl (C=O) groups is 1. The Balaban J connectivity index is 1.47. The van der Waals surface area contributed by atoms with Crippen LogP contribution in [0.3, 0.4) is 0 Å². The number of aromatic nitrogens is 1. The van der Waals surface area contributed by atoms with Gasteiger partial charge in [-0.1, -0.05) is 31.2 Å². The fourth-order valence-corrected chi connectivity index (χ4v) is 3.26. The molecule has 0 spiro atoms. The first-order valence-electron chi connectivity index (χ1n) is 9.08. The third-order valence-electron chi connectivity index (χ3n) is 4.86. The van der Waals surface area contributed by atoms with Crippen LogP contribution >= 0.6 is 0 Å². The molecule has 3 rings (SSSR count). The van der Waals surface area contributed by atoms with Crippen molar-refractivity contribution in [1.29, 1.82) is 0 Å². The van der Waals surface area contributed by atoms with Crippen molar-refractivity contribution in [2.24, 2.45) is 5.92 Å². The van der Waals surface area contributed by atoms with Crippen LogP contribution in [0.4, 0.5) is 0 Å². The molecule has 132 valence electrons. The van der Waals surface area contributed by atoms with E-state index in [0.29, 0.717) is 25.6 Å². The van der Waals surface area contributed by atoms with Crippen LogP contribution in [0.15, 0.2) is 48.8 Å². The SMILES string of the molecule is CCc1ccc(CCC(=O)N[C@@H]2COC[C@H]2Cc2ccncc2)cc1. The number of nitrogens with one attached hydrogen (secondary N) is 1. The molecule has 1 amide bonds. The van der Waals surface area contributed by atoms with Gasteiger partial charge in [0.15, 0.2) is 0 Å². The molecule has 1 N–H and O–H groups in total. The maximum absolute atomic E-state index is 12.3. The number of nitrogens with zero attached hydrogens (tertiary/aromatic N) is 1. The smallest absolute Gasteiger partial charge is 0.220 e. The summed E-state index contributed by atoms with van der Waals surface area (Å²) in [6.45, 7) is 3.45. The molecule has 2 heterocycles. The van der Waals surface area contributed by atoms with Gasteiger partial charge in [-0.25, -0.2) is 0 Å². The van der Waals surface area contributed by atoms with Gasteiger partial charge in [0.2, 0.25) is 5.91 Å². The Kier molecular flexibility index (Phi) is 6.18. The van der Waals surface area contributed by atoms with Gasteiger partial charge in [0.1, 0.15) is 0 Å². The number of benzene rings is 1. The highest BCUT2D eigenvalue weighted by Gasteiger charge is 2.29. The molecule has 25 heavy (non-hydrogen) atoms. The van der Waals surface area contributed by atoms with E-state index in [-0.39, 0.29) is 11.9 Å². The van der Waals surface area contributed by atoms with E-state index in [1.807, 2.05) is 24.5 Å². The summed E-state index contributed by atoms with van der Waals surface area (Å²) in [5.41, 5.74) is 3.78. The first-order chi connectivity index (χ1) is 12.2. The maximum Gasteiger partial charge on any atom is 0.220 e. The monoisotopic (exact) mass is 338 g/mol. The van der Waals surface area contributed by atoms with Gasteiger partial charge in [0.05, 0.1) is 19.3 Å². The average molecular weight is 338 g/mol. The first kappa shape index (κ1) is 17.6. The zero-order valence-electron chi connectivity index (χ0n) is 14.8. The van der Waals surface area contributed by atoms with E-state index >= 15 is 0 Å². The highest BCUT2D eigenvalue weighted by molar-refractivity contribution is 5.76. The van der Waals surface area contributed by atoms with Crippen LogP contribution in [0.25, 0.3) is 0 Å². The van der Waals surface area contributed by atoms with Gasteiger partial charge in [-0.15, -0.1) is 0 Å². The Morgan fingerprint density at radius 1 is 1.08 bits per heavy atom. The summed E-state index contributed by atoms with van der Waals surface area (Å²) >= 11 is 0. The largest absolute Gasteiger partial charge is 0.379 e. The molecule has 1 saturated heterocycles. The lowest BCUT2D eigenvalue weighted by Crippen LogP contribution is -2.40. The lowest BCUT2D eigenvalue weighted by Gasteiger charge is -2.19. The van der Waals surface area contributed by atoms with E-state index in [0.717, 1.165) is 19.3 Å². The maximum atomic E-state index is 12.3. The molecule has 0 bridgehead atoms. The normalized spacial score (nSPS) is 19.7. The van der Waals surface area contributed by atoms with Gasteiger partial charge in [-0.05, 0) is 48.1 Å². The van der Waals surface area contributed by atoms with Gasteiger partial charge >= 0.3 is 0 Å². The van der Waals surface area contributed by atoms with E-state index in [1.165, 1.54) is 16.7 Å². The van der Waals surface area contributed by atoms with E-state index in [9.17, 15) is 4.79 Å². The molecule has 2 atom stereocenters. The zero-order valence-corrected chi connectivity index (χ0v) is 14.8. The summed E-state index contributed by atoms with van der Waals surface area (Å²) in [4.78, 5) is 16.4. The lowest BCUT2D eigenvalue weighted by atomic mass is 9.95. The van der Waals surface area contributed by atoms with Crippen LogP contribution in [0.2, 0.25) is 0 Å². The number of aryl methyl sites for hydroxylation is 2. The predicted molar refractivity (Wildman–Crippen MR) is 98.3 cm³/mol. The van der Waals surface area contributed by atoms with Crippen LogP contribution in [0.5, 0.6) is 0 Å². The summed E-state index contributed by atoms with van der Waals surface area (Å²) in [6.07, 6.45) is 6.86. The summed E-state index contributed by atoms with van der Waals surface area (Å²) in [6, 6.07) is 12.7. The Bertz CT molecular complexity index is 670. The van der Waals surface area contributed by atoms with Crippen molar-refractivity contribution in [2.75, 3.05) is 13.2 Å². The third-order valence-corrected chi connectivity index (χ3v) is 4.86. The van der Waals surface area contributed by atoms with Gasteiger partial charge in [-0.3, -0.25) is 9.78 Å². The summed E-state index contributed by atoms with van der Waals surface area (Å²) in [5, 5.41) is 3.16. The molecule has 4 heteroatoms. The van der Waals surface area contributed by atoms with Crippen LogP contribution < -0.4 is 5.32 Å². The molecular weight excluding hydrogens is 312 g/mol. The van der Waals surface area contributed by atoms with Crippen LogP contribution in [0.1, 0.15) is 30.0 Å². The van der Waals surface area contributed by atoms with E-state index in [4.69, 9.17) is 4.74 Å². The standard InChI is InChI=1S/C21H26N2O2/c1-2-16-3-5-17(6-4-16)7-8-21(24)23-20-15-25-14-19(20)13-18-9-11-22-12-10-18/h3-6,9-12,19-20H,2,7-8,13-15H2,1H3,(H,23,24)/t19-,20-/m1/s1. The highest BCUT2D eigenvalue weighted by Crippen LogP contribution is 2.19. The summed E-state index contributed by atoms with van der Waals surface area (Å²) in [7, 11) is 0. The van der Waals surface area contributed by atoms with Crippen molar-refractivity contribution in [3.8, 4) is 0 Å².